The lowest BCUT2D eigenvalue weighted by Crippen LogP contribution is -2.55. The van der Waals surface area contributed by atoms with Gasteiger partial charge < -0.3 is 23.9 Å². The van der Waals surface area contributed by atoms with Crippen molar-refractivity contribution in [2.45, 2.75) is 0 Å². The van der Waals surface area contributed by atoms with Gasteiger partial charge in [-0.25, -0.2) is 8.78 Å². The number of hydrogen-bond acceptors (Lipinski definition) is 5. The third kappa shape index (κ3) is 2.68. The Balaban J connectivity index is 1.92. The monoisotopic (exact) mass is 303 g/mol. The molecule has 0 aliphatic carbocycles. The SMILES string of the molecule is Oc1cccc(F)c1B1O[B]OB(c2c(O)cccc2F)O1. The quantitative estimate of drug-likeness (QED) is 0.768. The van der Waals surface area contributed by atoms with Crippen LogP contribution in [0.1, 0.15) is 0 Å². The van der Waals surface area contributed by atoms with Crippen LogP contribution in [0.5, 0.6) is 11.5 Å². The number of rotatable bonds is 2. The van der Waals surface area contributed by atoms with Crippen LogP contribution in [0.4, 0.5) is 8.78 Å². The number of phenols is 2. The van der Waals surface area contributed by atoms with Gasteiger partial charge in [0.15, 0.2) is 0 Å². The van der Waals surface area contributed by atoms with E-state index in [2.05, 4.69) is 0 Å². The molecule has 0 spiro atoms. The summed E-state index contributed by atoms with van der Waals surface area (Å²) in [5, 5.41) is 19.5. The van der Waals surface area contributed by atoms with Crippen LogP contribution >= 0.6 is 0 Å². The Morgan fingerprint density at radius 2 is 1.27 bits per heavy atom. The van der Waals surface area contributed by atoms with Crippen molar-refractivity contribution in [2.75, 3.05) is 0 Å². The van der Waals surface area contributed by atoms with Crippen molar-refractivity contribution >= 4 is 32.8 Å². The number of aromatic hydroxyl groups is 2. The molecule has 5 nitrogen and oxygen atoms in total. The summed E-state index contributed by atoms with van der Waals surface area (Å²) in [6.45, 7) is 0. The van der Waals surface area contributed by atoms with Crippen LogP contribution in [0.15, 0.2) is 36.4 Å². The first-order chi connectivity index (χ1) is 10.6. The molecule has 0 amide bonds. The normalized spacial score (nSPS) is 14.8. The minimum Gasteiger partial charge on any atom is -0.508 e. The second kappa shape index (κ2) is 6.00. The Labute approximate surface area is 126 Å². The van der Waals surface area contributed by atoms with Crippen LogP contribution in [0.25, 0.3) is 0 Å². The lowest BCUT2D eigenvalue weighted by atomic mass is 9.66. The van der Waals surface area contributed by atoms with E-state index in [1.807, 2.05) is 0 Å². The van der Waals surface area contributed by atoms with E-state index in [0.717, 1.165) is 19.8 Å². The lowest BCUT2D eigenvalue weighted by molar-refractivity contribution is 0.316. The highest BCUT2D eigenvalue weighted by molar-refractivity contribution is 6.81. The van der Waals surface area contributed by atoms with E-state index in [4.69, 9.17) is 13.7 Å². The zero-order chi connectivity index (χ0) is 15.7. The first kappa shape index (κ1) is 14.9. The topological polar surface area (TPSA) is 68.2 Å². The average molecular weight is 303 g/mol. The molecule has 0 bridgehead atoms. The second-order valence-electron chi connectivity index (χ2n) is 4.51. The average Bonchev–Trinajstić information content (AvgIpc) is 2.47. The smallest absolute Gasteiger partial charge is 0.473 e. The molecule has 0 saturated carbocycles. The van der Waals surface area contributed by atoms with Gasteiger partial charge in [-0.2, -0.15) is 0 Å². The molecule has 1 aliphatic heterocycles. The van der Waals surface area contributed by atoms with Crippen molar-refractivity contribution < 1.29 is 32.7 Å². The van der Waals surface area contributed by atoms with Crippen LogP contribution in [0.2, 0.25) is 0 Å². The van der Waals surface area contributed by atoms with E-state index in [1.165, 1.54) is 24.3 Å². The summed E-state index contributed by atoms with van der Waals surface area (Å²) < 4.78 is 42.9. The van der Waals surface area contributed by atoms with Gasteiger partial charge in [-0.15, -0.1) is 0 Å². The Morgan fingerprint density at radius 3 is 1.68 bits per heavy atom. The largest absolute Gasteiger partial charge is 0.508 e. The number of halogens is 2. The van der Waals surface area contributed by atoms with Crippen molar-refractivity contribution in [3.05, 3.63) is 48.0 Å². The highest BCUT2D eigenvalue weighted by Crippen LogP contribution is 2.16. The van der Waals surface area contributed by atoms with E-state index in [1.54, 1.807) is 0 Å². The molecule has 2 N–H and O–H groups in total. The van der Waals surface area contributed by atoms with Crippen molar-refractivity contribution in [3.8, 4) is 11.5 Å². The molecule has 1 radical (unpaired) electrons. The Bertz CT molecular complexity index is 604. The van der Waals surface area contributed by atoms with Gasteiger partial charge in [-0.05, 0) is 24.3 Å². The molecule has 1 saturated heterocycles. The standard InChI is InChI=1S/C12H8B3F2O5/c16-7-3-1-5-9(18)11(7)14-20-13-21-15(22-14)12-8(17)4-2-6-10(12)19/h1-6,18-19H. The summed E-state index contributed by atoms with van der Waals surface area (Å²) in [6.07, 6.45) is 0. The molecule has 2 aromatic carbocycles. The molecule has 0 atom stereocenters. The number of hydrogen-bond donors (Lipinski definition) is 2. The van der Waals surface area contributed by atoms with Crippen LogP contribution < -0.4 is 10.9 Å². The minimum atomic E-state index is -1.35. The Morgan fingerprint density at radius 1 is 0.818 bits per heavy atom. The fourth-order valence-electron chi connectivity index (χ4n) is 2.10. The van der Waals surface area contributed by atoms with Gasteiger partial charge in [0.1, 0.15) is 23.1 Å². The first-order valence-electron chi connectivity index (χ1n) is 6.30. The molecule has 10 heteroatoms. The molecular formula is C12H8B3F2O5. The molecule has 1 fully saturated rings. The molecule has 1 aliphatic rings. The zero-order valence-corrected chi connectivity index (χ0v) is 11.1. The second-order valence-corrected chi connectivity index (χ2v) is 4.51. The van der Waals surface area contributed by atoms with Crippen LogP contribution in [0, 0.1) is 11.6 Å². The maximum Gasteiger partial charge on any atom is 0.473 e. The Hall–Kier alpha value is -2.03. The van der Waals surface area contributed by atoms with Gasteiger partial charge in [0.2, 0.25) is 0 Å². The van der Waals surface area contributed by atoms with E-state index >= 15 is 0 Å². The maximum absolute atomic E-state index is 13.8. The fourth-order valence-corrected chi connectivity index (χ4v) is 2.10. The molecule has 0 unspecified atom stereocenters. The molecule has 109 valence electrons. The van der Waals surface area contributed by atoms with E-state index < -0.39 is 25.9 Å². The summed E-state index contributed by atoms with van der Waals surface area (Å²) in [6, 6.07) is 7.39. The van der Waals surface area contributed by atoms with Crippen LogP contribution in [0.3, 0.4) is 0 Å². The summed E-state index contributed by atoms with van der Waals surface area (Å²) in [4.78, 5) is 0. The summed E-state index contributed by atoms with van der Waals surface area (Å²) in [5.41, 5.74) is -0.495. The predicted molar refractivity (Wildman–Crippen MR) is 75.9 cm³/mol. The molecule has 3 rings (SSSR count). The molecule has 2 aromatic rings. The van der Waals surface area contributed by atoms with Gasteiger partial charge >= 0.3 is 21.9 Å². The van der Waals surface area contributed by atoms with Gasteiger partial charge in [0, 0.05) is 0 Å². The van der Waals surface area contributed by atoms with Gasteiger partial charge in [-0.1, -0.05) is 12.1 Å². The van der Waals surface area contributed by atoms with E-state index in [-0.39, 0.29) is 22.4 Å². The third-order valence-corrected chi connectivity index (χ3v) is 3.14. The summed E-state index contributed by atoms with van der Waals surface area (Å²) >= 11 is 0. The molecule has 22 heavy (non-hydrogen) atoms. The van der Waals surface area contributed by atoms with Crippen molar-refractivity contribution in [1.82, 2.24) is 0 Å². The van der Waals surface area contributed by atoms with Gasteiger partial charge in [0.05, 0.1) is 10.9 Å². The first-order valence-corrected chi connectivity index (χ1v) is 6.30. The van der Waals surface area contributed by atoms with Crippen LogP contribution in [-0.2, 0) is 13.7 Å². The predicted octanol–water partition coefficient (Wildman–Crippen LogP) is 0.0642. The zero-order valence-electron chi connectivity index (χ0n) is 11.1. The Kier molecular flexibility index (Phi) is 4.06. The van der Waals surface area contributed by atoms with Crippen LogP contribution in [-0.4, -0.2) is 32.1 Å². The highest BCUT2D eigenvalue weighted by Gasteiger charge is 2.41. The summed E-state index contributed by atoms with van der Waals surface area (Å²) in [7, 11) is -1.85. The lowest BCUT2D eigenvalue weighted by Gasteiger charge is -2.26. The third-order valence-electron chi connectivity index (χ3n) is 3.14. The molecule has 1 heterocycles. The molecule has 0 aromatic heterocycles. The number of phenolic OH excluding ortho intramolecular Hbond substituents is 2. The van der Waals surface area contributed by atoms with Gasteiger partial charge in [0.25, 0.3) is 0 Å². The minimum absolute atomic E-state index is 0.247. The summed E-state index contributed by atoms with van der Waals surface area (Å²) in [5.74, 6) is -2.26. The maximum atomic E-state index is 13.8. The van der Waals surface area contributed by atoms with Crippen molar-refractivity contribution in [3.63, 3.8) is 0 Å². The van der Waals surface area contributed by atoms with E-state index in [0.29, 0.717) is 0 Å². The van der Waals surface area contributed by atoms with Crippen molar-refractivity contribution in [2.24, 2.45) is 0 Å². The fraction of sp³-hybridized carbons (Fsp3) is 0. The highest BCUT2D eigenvalue weighted by atomic mass is 19.1. The van der Waals surface area contributed by atoms with E-state index in [9.17, 15) is 19.0 Å². The molecular weight excluding hydrogens is 295 g/mol. The number of benzene rings is 2. The van der Waals surface area contributed by atoms with Crippen molar-refractivity contribution in [1.29, 1.82) is 0 Å². The van der Waals surface area contributed by atoms with Gasteiger partial charge in [-0.3, -0.25) is 0 Å².